The van der Waals surface area contributed by atoms with Crippen molar-refractivity contribution in [2.24, 2.45) is 5.92 Å². The molecule has 4 heterocycles. The van der Waals surface area contributed by atoms with E-state index in [0.29, 0.717) is 26.7 Å². The molecule has 4 aliphatic heterocycles. The van der Waals surface area contributed by atoms with Gasteiger partial charge in [0.05, 0.1) is 0 Å². The van der Waals surface area contributed by atoms with E-state index in [1.807, 2.05) is 0 Å². The molecule has 4 aliphatic rings. The Kier molecular flexibility index (Phi) is 22.3. The number of imide groups is 4. The molecule has 0 aromatic rings. The van der Waals surface area contributed by atoms with Gasteiger partial charge in [-0.25, -0.2) is 19.2 Å². The Morgan fingerprint density at radius 1 is 0.458 bits per heavy atom. The van der Waals surface area contributed by atoms with Gasteiger partial charge < -0.3 is 24.1 Å². The number of hydroxylamine groups is 8. The minimum absolute atomic E-state index is 0.0128. The summed E-state index contributed by atoms with van der Waals surface area (Å²) in [4.78, 5) is 172. The van der Waals surface area contributed by atoms with Crippen LogP contribution in [0.5, 0.6) is 0 Å². The van der Waals surface area contributed by atoms with Crippen molar-refractivity contribution in [2.75, 3.05) is 0 Å². The quantitative estimate of drug-likeness (QED) is 0.121. The maximum atomic E-state index is 11.3. The van der Waals surface area contributed by atoms with Gasteiger partial charge in [0.2, 0.25) is 0 Å². The minimum atomic E-state index is -0.966. The molecule has 4 rings (SSSR count). The first-order valence-corrected chi connectivity index (χ1v) is 19.0. The fourth-order valence-corrected chi connectivity index (χ4v) is 4.61. The van der Waals surface area contributed by atoms with Crippen molar-refractivity contribution < 1.29 is 86.5 Å². The Bertz CT molecular complexity index is 1610. The predicted molar refractivity (Wildman–Crippen MR) is 192 cm³/mol. The number of ketones is 2. The van der Waals surface area contributed by atoms with Crippen LogP contribution in [0.4, 0.5) is 0 Å². The molecule has 8 amide bonds. The summed E-state index contributed by atoms with van der Waals surface area (Å²) in [6, 6.07) is 0. The number of carbonyl (C=O) groups is 14. The van der Waals surface area contributed by atoms with Crippen molar-refractivity contribution >= 4 is 82.7 Å². The largest absolute Gasteiger partial charge is 0.343 e. The third kappa shape index (κ3) is 18.3. The highest BCUT2D eigenvalue weighted by atomic mass is 16.7. The van der Waals surface area contributed by atoms with Crippen LogP contribution in [0.2, 0.25) is 0 Å². The molecular formula is C37H50N4O18. The predicted octanol–water partition coefficient (Wildman–Crippen LogP) is 1.74. The molecule has 22 heteroatoms. The molecule has 0 aliphatic carbocycles. The van der Waals surface area contributed by atoms with Gasteiger partial charge in [-0.05, 0) is 33.6 Å². The standard InChI is InChI=1S/C11H17NO4.C10H13NO5.C9H11NO5.C7H9NO4/c1-2-3-4-5-6-11(15)16-12-9(13)7-8-10(12)14;1-7(12)3-2-4-10(15)16-11-8(13)5-6-9(11)14;1-5(6(2)11)9(14)15-10-7(12)3-4-8(10)13;1-2-7(11)12-8-5(9)3-4-6(8)10/h2-8H2,1H3;2-6H2,1H3;5H,3-4H2,1-2H3;2-4H2,1H3. The average molecular weight is 839 g/mol. The summed E-state index contributed by atoms with van der Waals surface area (Å²) < 4.78 is 0. The smallest absolute Gasteiger partial charge is 0.330 e. The fourth-order valence-electron chi connectivity index (χ4n) is 4.61. The molecule has 0 saturated carbocycles. The van der Waals surface area contributed by atoms with E-state index in [4.69, 9.17) is 4.84 Å². The molecule has 1 unspecified atom stereocenters. The minimum Gasteiger partial charge on any atom is -0.330 e. The normalized spacial score (nSPS) is 16.4. The maximum absolute atomic E-state index is 11.3. The molecule has 0 aromatic carbocycles. The Morgan fingerprint density at radius 2 is 0.780 bits per heavy atom. The molecule has 1 atom stereocenters. The molecule has 0 aromatic heterocycles. The molecule has 0 bridgehead atoms. The molecule has 4 fully saturated rings. The zero-order valence-electron chi connectivity index (χ0n) is 33.7. The summed E-state index contributed by atoms with van der Waals surface area (Å²) in [5.74, 6) is -7.80. The molecule has 0 spiro atoms. The number of hydrogen-bond donors (Lipinski definition) is 0. The van der Waals surface area contributed by atoms with Crippen LogP contribution >= 0.6 is 0 Å². The number of amides is 8. The number of unbranched alkanes of at least 4 members (excludes halogenated alkanes) is 3. The van der Waals surface area contributed by atoms with E-state index in [2.05, 4.69) is 21.4 Å². The Hall–Kier alpha value is -6.22. The van der Waals surface area contributed by atoms with Gasteiger partial charge >= 0.3 is 23.9 Å². The van der Waals surface area contributed by atoms with Crippen LogP contribution in [0, 0.1) is 5.92 Å². The summed E-state index contributed by atoms with van der Waals surface area (Å²) in [6.45, 7) is 7.70. The lowest BCUT2D eigenvalue weighted by Crippen LogP contribution is -2.35. The highest BCUT2D eigenvalue weighted by Crippen LogP contribution is 2.16. The van der Waals surface area contributed by atoms with Gasteiger partial charge in [0.1, 0.15) is 17.5 Å². The van der Waals surface area contributed by atoms with Crippen LogP contribution in [-0.2, 0) is 86.5 Å². The van der Waals surface area contributed by atoms with Crippen molar-refractivity contribution in [3.63, 3.8) is 0 Å². The Labute approximate surface area is 338 Å². The van der Waals surface area contributed by atoms with E-state index in [9.17, 15) is 67.1 Å². The van der Waals surface area contributed by atoms with E-state index in [-0.39, 0.29) is 88.6 Å². The fraction of sp³-hybridized carbons (Fsp3) is 0.622. The van der Waals surface area contributed by atoms with E-state index < -0.39 is 77.1 Å². The van der Waals surface area contributed by atoms with Crippen molar-refractivity contribution in [3.05, 3.63) is 0 Å². The summed E-state index contributed by atoms with van der Waals surface area (Å²) in [6.07, 6.45) is 5.77. The lowest BCUT2D eigenvalue weighted by molar-refractivity contribution is -0.200. The van der Waals surface area contributed by atoms with Gasteiger partial charge in [0, 0.05) is 77.0 Å². The Morgan fingerprint density at radius 3 is 1.08 bits per heavy atom. The molecule has 326 valence electrons. The highest BCUT2D eigenvalue weighted by molar-refractivity contribution is 6.04. The lowest BCUT2D eigenvalue weighted by atomic mass is 10.1. The number of Topliss-reactive ketones (excluding diaryl/α,β-unsaturated/α-hetero) is 2. The zero-order valence-corrected chi connectivity index (χ0v) is 33.7. The van der Waals surface area contributed by atoms with E-state index in [1.165, 1.54) is 20.8 Å². The maximum Gasteiger partial charge on any atom is 0.343 e. The van der Waals surface area contributed by atoms with Crippen LogP contribution in [0.1, 0.15) is 144 Å². The highest BCUT2D eigenvalue weighted by Gasteiger charge is 2.36. The third-order valence-corrected chi connectivity index (χ3v) is 8.18. The molecule has 0 radical (unpaired) electrons. The molecule has 22 nitrogen and oxygen atoms in total. The number of carbonyl (C=O) groups excluding carboxylic acids is 14. The number of nitrogens with zero attached hydrogens (tertiary/aromatic N) is 4. The van der Waals surface area contributed by atoms with Gasteiger partial charge in [0.15, 0.2) is 0 Å². The monoisotopic (exact) mass is 838 g/mol. The second-order valence-corrected chi connectivity index (χ2v) is 13.2. The SMILES string of the molecule is CC(=O)C(C)C(=O)ON1C(=O)CCC1=O.CC(=O)CCCC(=O)ON1C(=O)CCC1=O.CCC(=O)ON1C(=O)CCC1=O.CCCCCCC(=O)ON1C(=O)CCC1=O. The lowest BCUT2D eigenvalue weighted by Gasteiger charge is -2.14. The summed E-state index contributed by atoms with van der Waals surface area (Å²) in [5.41, 5.74) is 0. The first-order chi connectivity index (χ1) is 27.7. The van der Waals surface area contributed by atoms with E-state index in [1.54, 1.807) is 6.92 Å². The second kappa shape index (κ2) is 25.9. The number of rotatable bonds is 16. The van der Waals surface area contributed by atoms with Crippen LogP contribution in [0.3, 0.4) is 0 Å². The Balaban J connectivity index is 0.000000395. The average Bonchev–Trinajstić information content (AvgIpc) is 3.89. The van der Waals surface area contributed by atoms with Crippen molar-refractivity contribution in [2.45, 2.75) is 144 Å². The topological polar surface area (TPSA) is 289 Å². The number of hydrogen-bond acceptors (Lipinski definition) is 18. The zero-order chi connectivity index (χ0) is 44.8. The molecule has 59 heavy (non-hydrogen) atoms. The van der Waals surface area contributed by atoms with Gasteiger partial charge in [0.25, 0.3) is 47.3 Å². The second-order valence-electron chi connectivity index (χ2n) is 13.2. The van der Waals surface area contributed by atoms with Crippen LogP contribution in [-0.4, -0.2) is 103 Å². The molecular weight excluding hydrogens is 788 g/mol. The van der Waals surface area contributed by atoms with Crippen LogP contribution < -0.4 is 0 Å². The van der Waals surface area contributed by atoms with Crippen molar-refractivity contribution in [3.8, 4) is 0 Å². The van der Waals surface area contributed by atoms with Crippen LogP contribution in [0.15, 0.2) is 0 Å². The van der Waals surface area contributed by atoms with Gasteiger partial charge in [-0.15, -0.1) is 20.3 Å². The van der Waals surface area contributed by atoms with E-state index >= 15 is 0 Å². The third-order valence-electron chi connectivity index (χ3n) is 8.18. The first-order valence-electron chi connectivity index (χ1n) is 19.0. The van der Waals surface area contributed by atoms with Gasteiger partial charge in [-0.3, -0.25) is 43.2 Å². The van der Waals surface area contributed by atoms with Crippen LogP contribution in [0.25, 0.3) is 0 Å². The van der Waals surface area contributed by atoms with Crippen molar-refractivity contribution in [1.29, 1.82) is 0 Å². The van der Waals surface area contributed by atoms with E-state index in [0.717, 1.165) is 25.7 Å². The summed E-state index contributed by atoms with van der Waals surface area (Å²) in [7, 11) is 0. The summed E-state index contributed by atoms with van der Waals surface area (Å²) >= 11 is 0. The van der Waals surface area contributed by atoms with Crippen molar-refractivity contribution in [1.82, 2.24) is 20.3 Å². The molecule has 0 N–H and O–H groups in total. The van der Waals surface area contributed by atoms with Gasteiger partial charge in [-0.2, -0.15) is 0 Å². The first kappa shape index (κ1) is 50.8. The summed E-state index contributed by atoms with van der Waals surface area (Å²) in [5, 5.41) is 2.09. The van der Waals surface area contributed by atoms with Gasteiger partial charge in [-0.1, -0.05) is 33.1 Å². The molecule has 4 saturated heterocycles.